The third-order valence-electron chi connectivity index (χ3n) is 3.79. The summed E-state index contributed by atoms with van der Waals surface area (Å²) >= 11 is 0. The molecular weight excluding hydrogens is 342 g/mol. The number of ether oxygens (including phenoxy) is 1. The second-order valence-electron chi connectivity index (χ2n) is 5.46. The second kappa shape index (κ2) is 6.63. The molecule has 132 valence electrons. The number of nitrogens with one attached hydrogen (secondary N) is 1. The molecule has 2 aromatic carbocycles. The Bertz CT molecular complexity index is 1090. The van der Waals surface area contributed by atoms with E-state index < -0.39 is 10.5 Å². The molecule has 3 rings (SSSR count). The molecule has 0 amide bonds. The summed E-state index contributed by atoms with van der Waals surface area (Å²) in [7, 11) is 1.36. The molecule has 1 heterocycles. The van der Waals surface area contributed by atoms with Gasteiger partial charge in [-0.3, -0.25) is 19.7 Å². The van der Waals surface area contributed by atoms with Crippen molar-refractivity contribution in [2.75, 3.05) is 7.11 Å². The molecule has 0 fully saturated rings. The first-order valence-corrected chi connectivity index (χ1v) is 7.46. The highest BCUT2D eigenvalue weighted by Gasteiger charge is 2.15. The summed E-state index contributed by atoms with van der Waals surface area (Å²) in [5.41, 5.74) is 0.0214. The first-order chi connectivity index (χ1) is 12.4. The number of nitro benzene ring substituents is 1. The zero-order valence-electron chi connectivity index (χ0n) is 13.6. The fraction of sp³-hybridized carbons (Fsp3) is 0.118. The quantitative estimate of drug-likeness (QED) is 0.406. The number of fused-ring (bicyclic) bond motifs is 1. The van der Waals surface area contributed by atoms with Crippen LogP contribution in [0.1, 0.15) is 16.1 Å². The minimum atomic E-state index is -0.600. The molecule has 3 aromatic rings. The predicted octanol–water partition coefficient (Wildman–Crippen LogP) is 1.97. The van der Waals surface area contributed by atoms with Crippen molar-refractivity contribution in [3.05, 3.63) is 68.1 Å². The smallest absolute Gasteiger partial charge is 0.271 e. The number of phenols is 1. The standard InChI is InChI=1S/C17H13N3O6/c1-26-16-6-9(2-5-14(16)21)15(22)8-13-17(23)19-12-7-10(20(24)25)3-4-11(12)18-13/h2-7,21H,8H2,1H3,(H,19,23). The third kappa shape index (κ3) is 3.22. The highest BCUT2D eigenvalue weighted by molar-refractivity contribution is 5.98. The number of hydrogen-bond donors (Lipinski definition) is 2. The summed E-state index contributed by atoms with van der Waals surface area (Å²) in [5, 5.41) is 20.4. The summed E-state index contributed by atoms with van der Waals surface area (Å²) in [6, 6.07) is 7.99. The van der Waals surface area contributed by atoms with E-state index in [1.807, 2.05) is 0 Å². The Morgan fingerprint density at radius 2 is 2.08 bits per heavy atom. The van der Waals surface area contributed by atoms with Gasteiger partial charge in [0.05, 0.1) is 29.5 Å². The number of carbonyl (C=O) groups is 1. The molecule has 9 heteroatoms. The molecule has 1 aromatic heterocycles. The molecule has 0 bridgehead atoms. The van der Waals surface area contributed by atoms with Gasteiger partial charge in [0.2, 0.25) is 0 Å². The lowest BCUT2D eigenvalue weighted by molar-refractivity contribution is -0.384. The Morgan fingerprint density at radius 1 is 1.31 bits per heavy atom. The van der Waals surface area contributed by atoms with Crippen molar-refractivity contribution in [1.29, 1.82) is 0 Å². The SMILES string of the molecule is COc1cc(C(=O)Cc2nc3ccc([N+](=O)[O-])cc3[nH]c2=O)ccc1O. The van der Waals surface area contributed by atoms with Crippen LogP contribution in [0, 0.1) is 10.1 Å². The lowest BCUT2D eigenvalue weighted by Crippen LogP contribution is -2.19. The Hall–Kier alpha value is -3.75. The van der Waals surface area contributed by atoms with Gasteiger partial charge in [0.15, 0.2) is 17.3 Å². The van der Waals surface area contributed by atoms with Crippen molar-refractivity contribution in [2.45, 2.75) is 6.42 Å². The summed E-state index contributed by atoms with van der Waals surface area (Å²) < 4.78 is 4.96. The summed E-state index contributed by atoms with van der Waals surface area (Å²) in [6.45, 7) is 0. The van der Waals surface area contributed by atoms with E-state index in [0.717, 1.165) is 0 Å². The molecule has 0 unspecified atom stereocenters. The van der Waals surface area contributed by atoms with Gasteiger partial charge < -0.3 is 14.8 Å². The largest absolute Gasteiger partial charge is 0.504 e. The highest BCUT2D eigenvalue weighted by atomic mass is 16.6. The summed E-state index contributed by atoms with van der Waals surface area (Å²) in [6.07, 6.45) is -0.268. The van der Waals surface area contributed by atoms with Crippen LogP contribution in [0.5, 0.6) is 11.5 Å². The Balaban J connectivity index is 1.94. The van der Waals surface area contributed by atoms with Crippen LogP contribution >= 0.6 is 0 Å². The van der Waals surface area contributed by atoms with Gasteiger partial charge >= 0.3 is 0 Å². The van der Waals surface area contributed by atoms with E-state index in [-0.39, 0.29) is 46.2 Å². The number of methoxy groups -OCH3 is 1. The number of rotatable bonds is 5. The van der Waals surface area contributed by atoms with Crippen LogP contribution in [0.3, 0.4) is 0 Å². The zero-order chi connectivity index (χ0) is 18.8. The minimum absolute atomic E-state index is 0.0107. The fourth-order valence-electron chi connectivity index (χ4n) is 2.45. The van der Waals surface area contributed by atoms with Gasteiger partial charge in [0.25, 0.3) is 11.2 Å². The van der Waals surface area contributed by atoms with E-state index in [0.29, 0.717) is 5.52 Å². The first-order valence-electron chi connectivity index (χ1n) is 7.46. The number of nitro groups is 1. The molecule has 2 N–H and O–H groups in total. The van der Waals surface area contributed by atoms with Gasteiger partial charge in [-0.2, -0.15) is 0 Å². The lowest BCUT2D eigenvalue weighted by Gasteiger charge is -2.06. The number of ketones is 1. The Labute approximate surface area is 146 Å². The van der Waals surface area contributed by atoms with E-state index in [9.17, 15) is 24.8 Å². The molecule has 26 heavy (non-hydrogen) atoms. The molecule has 0 aliphatic heterocycles. The average Bonchev–Trinajstić information content (AvgIpc) is 2.62. The number of carbonyl (C=O) groups excluding carboxylic acids is 1. The van der Waals surface area contributed by atoms with Crippen LogP contribution in [0.2, 0.25) is 0 Å². The highest BCUT2D eigenvalue weighted by Crippen LogP contribution is 2.26. The van der Waals surface area contributed by atoms with E-state index in [1.54, 1.807) is 0 Å². The lowest BCUT2D eigenvalue weighted by atomic mass is 10.1. The van der Waals surface area contributed by atoms with E-state index in [1.165, 1.54) is 43.5 Å². The number of H-pyrrole nitrogens is 1. The maximum atomic E-state index is 12.4. The number of aromatic amines is 1. The molecule has 0 spiro atoms. The second-order valence-corrected chi connectivity index (χ2v) is 5.46. The van der Waals surface area contributed by atoms with Gasteiger partial charge in [-0.05, 0) is 24.3 Å². The monoisotopic (exact) mass is 355 g/mol. The Kier molecular flexibility index (Phi) is 4.36. The molecule has 0 radical (unpaired) electrons. The van der Waals surface area contributed by atoms with Gasteiger partial charge in [0, 0.05) is 17.7 Å². The number of benzene rings is 2. The van der Waals surface area contributed by atoms with Crippen LogP contribution in [-0.2, 0) is 6.42 Å². The number of Topliss-reactive ketones (excluding diaryl/α,β-unsaturated/α-hetero) is 1. The van der Waals surface area contributed by atoms with Crippen molar-refractivity contribution in [3.63, 3.8) is 0 Å². The summed E-state index contributed by atoms with van der Waals surface area (Å²) in [4.78, 5) is 41.4. The van der Waals surface area contributed by atoms with Gasteiger partial charge in [0.1, 0.15) is 5.69 Å². The molecule has 0 saturated carbocycles. The van der Waals surface area contributed by atoms with Gasteiger partial charge in [-0.25, -0.2) is 4.98 Å². The number of hydrogen-bond acceptors (Lipinski definition) is 7. The van der Waals surface area contributed by atoms with E-state index >= 15 is 0 Å². The number of non-ortho nitro benzene ring substituents is 1. The average molecular weight is 355 g/mol. The normalized spacial score (nSPS) is 10.7. The third-order valence-corrected chi connectivity index (χ3v) is 3.79. The zero-order valence-corrected chi connectivity index (χ0v) is 13.6. The molecule has 0 aliphatic rings. The van der Waals surface area contributed by atoms with E-state index in [4.69, 9.17) is 4.74 Å². The van der Waals surface area contributed by atoms with Crippen LogP contribution in [-0.4, -0.2) is 32.9 Å². The van der Waals surface area contributed by atoms with Crippen molar-refractivity contribution in [3.8, 4) is 11.5 Å². The molecule has 0 atom stereocenters. The topological polar surface area (TPSA) is 135 Å². The van der Waals surface area contributed by atoms with Crippen molar-refractivity contribution in [2.24, 2.45) is 0 Å². The maximum Gasteiger partial charge on any atom is 0.271 e. The van der Waals surface area contributed by atoms with Crippen LogP contribution in [0.4, 0.5) is 5.69 Å². The minimum Gasteiger partial charge on any atom is -0.504 e. The Morgan fingerprint density at radius 3 is 2.77 bits per heavy atom. The number of phenolic OH excluding ortho intramolecular Hbond substituents is 1. The first kappa shape index (κ1) is 17.1. The van der Waals surface area contributed by atoms with Crippen molar-refractivity contribution < 1.29 is 19.6 Å². The number of aromatic hydroxyl groups is 1. The van der Waals surface area contributed by atoms with Gasteiger partial charge in [-0.1, -0.05) is 0 Å². The van der Waals surface area contributed by atoms with Gasteiger partial charge in [-0.15, -0.1) is 0 Å². The van der Waals surface area contributed by atoms with Crippen LogP contribution in [0.25, 0.3) is 11.0 Å². The molecule has 0 aliphatic carbocycles. The van der Waals surface area contributed by atoms with Crippen LogP contribution < -0.4 is 10.3 Å². The number of aromatic nitrogens is 2. The van der Waals surface area contributed by atoms with Crippen molar-refractivity contribution in [1.82, 2.24) is 9.97 Å². The molecular formula is C17H13N3O6. The van der Waals surface area contributed by atoms with Crippen molar-refractivity contribution >= 4 is 22.5 Å². The number of nitrogens with zero attached hydrogens (tertiary/aromatic N) is 2. The maximum absolute atomic E-state index is 12.4. The fourth-order valence-corrected chi connectivity index (χ4v) is 2.45. The summed E-state index contributed by atoms with van der Waals surface area (Å²) in [5.74, 6) is -0.349. The molecule has 0 saturated heterocycles. The molecule has 9 nitrogen and oxygen atoms in total. The van der Waals surface area contributed by atoms with Crippen LogP contribution in [0.15, 0.2) is 41.2 Å². The predicted molar refractivity (Wildman–Crippen MR) is 91.7 cm³/mol. The van der Waals surface area contributed by atoms with E-state index in [2.05, 4.69) is 9.97 Å².